The first-order valence-corrected chi connectivity index (χ1v) is 7.37. The quantitative estimate of drug-likeness (QED) is 0.665. The molecule has 0 atom stereocenters. The van der Waals surface area contributed by atoms with Gasteiger partial charge in [0.15, 0.2) is 0 Å². The molecule has 0 heterocycles. The molecule has 4 aliphatic carbocycles. The van der Waals surface area contributed by atoms with Gasteiger partial charge in [0.2, 0.25) is 0 Å². The highest BCUT2D eigenvalue weighted by molar-refractivity contribution is 9.10. The van der Waals surface area contributed by atoms with Crippen molar-refractivity contribution in [3.05, 3.63) is 68.7 Å². The van der Waals surface area contributed by atoms with E-state index in [4.69, 9.17) is 0 Å². The van der Waals surface area contributed by atoms with E-state index in [-0.39, 0.29) is 0 Å². The number of halogens is 1. The Morgan fingerprint density at radius 1 is 0.778 bits per heavy atom. The molecule has 0 N–H and O–H groups in total. The molecule has 18 heavy (non-hydrogen) atoms. The summed E-state index contributed by atoms with van der Waals surface area (Å²) in [5, 5.41) is 0. The molecule has 0 aliphatic heterocycles. The number of rotatable bonds is 0. The lowest BCUT2D eigenvalue weighted by molar-refractivity contribution is 0.907. The van der Waals surface area contributed by atoms with E-state index in [0.29, 0.717) is 0 Å². The maximum atomic E-state index is 3.72. The van der Waals surface area contributed by atoms with Crippen molar-refractivity contribution in [1.82, 2.24) is 0 Å². The molecule has 0 saturated heterocycles. The van der Waals surface area contributed by atoms with E-state index in [1.165, 1.54) is 32.3 Å². The summed E-state index contributed by atoms with van der Waals surface area (Å²) >= 11 is 3.72. The molecule has 0 aromatic heterocycles. The van der Waals surface area contributed by atoms with Gasteiger partial charge in [-0.15, -0.1) is 0 Å². The smallest absolute Gasteiger partial charge is 0.0210 e. The van der Waals surface area contributed by atoms with E-state index in [1.807, 2.05) is 0 Å². The minimum absolute atomic E-state index is 1.11. The Balaban J connectivity index is 2.05. The third kappa shape index (κ3) is 2.37. The predicted octanol–water partition coefficient (Wildman–Crippen LogP) is 4.64. The second-order valence-corrected chi connectivity index (χ2v) is 6.04. The van der Waals surface area contributed by atoms with Crippen molar-refractivity contribution in [2.75, 3.05) is 0 Å². The fourth-order valence-corrected chi connectivity index (χ4v) is 3.26. The van der Waals surface area contributed by atoms with Gasteiger partial charge in [-0.2, -0.15) is 0 Å². The van der Waals surface area contributed by atoms with Crippen LogP contribution in [0.1, 0.15) is 27.8 Å². The molecule has 4 aliphatic rings. The summed E-state index contributed by atoms with van der Waals surface area (Å²) in [5.74, 6) is 0. The van der Waals surface area contributed by atoms with Crippen molar-refractivity contribution < 1.29 is 0 Å². The van der Waals surface area contributed by atoms with Gasteiger partial charge in [0.05, 0.1) is 0 Å². The van der Waals surface area contributed by atoms with Crippen molar-refractivity contribution >= 4 is 15.9 Å². The van der Waals surface area contributed by atoms with Crippen LogP contribution in [-0.4, -0.2) is 0 Å². The SMILES string of the molecule is Cc1cc2c(Br)cc1CCc1ccc(cc1)CC2. The molecule has 0 nitrogen and oxygen atoms in total. The average molecular weight is 301 g/mol. The van der Waals surface area contributed by atoms with Gasteiger partial charge in [0, 0.05) is 4.47 Å². The first kappa shape index (κ1) is 12.0. The minimum atomic E-state index is 1.11. The Hall–Kier alpha value is -1.08. The molecule has 2 aromatic carbocycles. The molecule has 0 spiro atoms. The van der Waals surface area contributed by atoms with E-state index in [1.54, 1.807) is 0 Å². The second-order valence-electron chi connectivity index (χ2n) is 5.19. The zero-order chi connectivity index (χ0) is 12.5. The van der Waals surface area contributed by atoms with Crippen LogP contribution in [-0.2, 0) is 25.7 Å². The molecular formula is C17H17Br. The number of aryl methyl sites for hydroxylation is 5. The van der Waals surface area contributed by atoms with Crippen LogP contribution < -0.4 is 0 Å². The standard InChI is InChI=1S/C17H17Br/c1-12-10-16-9-7-14-4-2-13(3-5-14)6-8-15(12)11-17(16)18/h2-5,10-11H,6-9H2,1H3. The topological polar surface area (TPSA) is 0 Å². The van der Waals surface area contributed by atoms with E-state index >= 15 is 0 Å². The summed E-state index contributed by atoms with van der Waals surface area (Å²) < 4.78 is 1.28. The third-order valence-corrected chi connectivity index (χ3v) is 4.63. The normalized spacial score (nSPS) is 14.3. The molecule has 6 rings (SSSR count). The van der Waals surface area contributed by atoms with Gasteiger partial charge in [-0.3, -0.25) is 0 Å². The van der Waals surface area contributed by atoms with Crippen LogP contribution in [0.15, 0.2) is 40.9 Å². The summed E-state index contributed by atoms with van der Waals surface area (Å²) in [6, 6.07) is 13.8. The predicted molar refractivity (Wildman–Crippen MR) is 80.1 cm³/mol. The molecular weight excluding hydrogens is 284 g/mol. The Morgan fingerprint density at radius 3 is 1.94 bits per heavy atom. The molecule has 2 aromatic rings. The maximum Gasteiger partial charge on any atom is 0.0210 e. The number of hydrogen-bond acceptors (Lipinski definition) is 0. The first-order valence-electron chi connectivity index (χ1n) is 6.58. The Labute approximate surface area is 117 Å². The van der Waals surface area contributed by atoms with Crippen LogP contribution in [0.4, 0.5) is 0 Å². The van der Waals surface area contributed by atoms with Gasteiger partial charge >= 0.3 is 0 Å². The van der Waals surface area contributed by atoms with Gasteiger partial charge < -0.3 is 0 Å². The van der Waals surface area contributed by atoms with Gasteiger partial charge in [-0.1, -0.05) is 46.3 Å². The third-order valence-electron chi connectivity index (χ3n) is 3.89. The maximum absolute atomic E-state index is 3.72. The van der Waals surface area contributed by atoms with Crippen molar-refractivity contribution in [2.24, 2.45) is 0 Å². The van der Waals surface area contributed by atoms with E-state index < -0.39 is 0 Å². The molecule has 4 bridgehead atoms. The van der Waals surface area contributed by atoms with E-state index in [2.05, 4.69) is 59.3 Å². The summed E-state index contributed by atoms with van der Waals surface area (Å²) in [5.41, 5.74) is 7.21. The van der Waals surface area contributed by atoms with Crippen LogP contribution in [0.3, 0.4) is 0 Å². The highest BCUT2D eigenvalue weighted by Gasteiger charge is 2.08. The van der Waals surface area contributed by atoms with Crippen LogP contribution in [0, 0.1) is 6.92 Å². The van der Waals surface area contributed by atoms with Crippen LogP contribution in [0.2, 0.25) is 0 Å². The minimum Gasteiger partial charge on any atom is -0.0588 e. The lowest BCUT2D eigenvalue weighted by Crippen LogP contribution is -2.01. The summed E-state index contributed by atoms with van der Waals surface area (Å²) in [6.07, 6.45) is 4.50. The summed E-state index contributed by atoms with van der Waals surface area (Å²) in [4.78, 5) is 0. The summed E-state index contributed by atoms with van der Waals surface area (Å²) in [6.45, 7) is 2.23. The number of benzene rings is 2. The Kier molecular flexibility index (Phi) is 3.25. The Bertz CT molecular complexity index is 514. The Morgan fingerprint density at radius 2 is 1.33 bits per heavy atom. The van der Waals surface area contributed by atoms with E-state index in [9.17, 15) is 0 Å². The van der Waals surface area contributed by atoms with Crippen LogP contribution >= 0.6 is 15.9 Å². The molecule has 0 amide bonds. The van der Waals surface area contributed by atoms with Crippen molar-refractivity contribution in [3.63, 3.8) is 0 Å². The molecule has 92 valence electrons. The van der Waals surface area contributed by atoms with Gasteiger partial charge in [0.1, 0.15) is 0 Å². The fourth-order valence-electron chi connectivity index (χ4n) is 2.67. The van der Waals surface area contributed by atoms with Crippen molar-refractivity contribution in [3.8, 4) is 0 Å². The molecule has 1 heteroatoms. The van der Waals surface area contributed by atoms with Crippen LogP contribution in [0.5, 0.6) is 0 Å². The van der Waals surface area contributed by atoms with Crippen molar-refractivity contribution in [1.29, 1.82) is 0 Å². The first-order chi connectivity index (χ1) is 8.72. The highest BCUT2D eigenvalue weighted by Crippen LogP contribution is 2.25. The largest absolute Gasteiger partial charge is 0.0588 e. The average Bonchev–Trinajstić information content (AvgIpc) is 2.37. The summed E-state index contributed by atoms with van der Waals surface area (Å²) in [7, 11) is 0. The fraction of sp³-hybridized carbons (Fsp3) is 0.294. The zero-order valence-electron chi connectivity index (χ0n) is 10.7. The molecule has 0 radical (unpaired) electrons. The molecule has 0 unspecified atom stereocenters. The van der Waals surface area contributed by atoms with Crippen LogP contribution in [0.25, 0.3) is 0 Å². The zero-order valence-corrected chi connectivity index (χ0v) is 12.3. The van der Waals surface area contributed by atoms with Crippen molar-refractivity contribution in [2.45, 2.75) is 32.6 Å². The molecule has 0 fully saturated rings. The number of hydrogen-bond donors (Lipinski definition) is 0. The monoisotopic (exact) mass is 300 g/mol. The lowest BCUT2D eigenvalue weighted by atomic mass is 9.94. The van der Waals surface area contributed by atoms with Gasteiger partial charge in [-0.05, 0) is 66.5 Å². The highest BCUT2D eigenvalue weighted by atomic mass is 79.9. The lowest BCUT2D eigenvalue weighted by Gasteiger charge is -2.14. The van der Waals surface area contributed by atoms with Gasteiger partial charge in [0.25, 0.3) is 0 Å². The van der Waals surface area contributed by atoms with Gasteiger partial charge in [-0.25, -0.2) is 0 Å². The van der Waals surface area contributed by atoms with E-state index in [0.717, 1.165) is 25.7 Å². The molecule has 0 saturated carbocycles. The second kappa shape index (κ2) is 4.89.